The number of carbonyl (C=O) groups is 1. The van der Waals surface area contributed by atoms with Crippen molar-refractivity contribution in [2.45, 2.75) is 26.3 Å². The first-order chi connectivity index (χ1) is 15.2. The Morgan fingerprint density at radius 3 is 2.74 bits per heavy atom. The smallest absolute Gasteiger partial charge is 0.273 e. The first-order valence-corrected chi connectivity index (χ1v) is 10.6. The molecule has 0 saturated carbocycles. The second-order valence-corrected chi connectivity index (χ2v) is 7.34. The van der Waals surface area contributed by atoms with Crippen LogP contribution in [-0.2, 0) is 4.74 Å². The molecule has 0 saturated heterocycles. The van der Waals surface area contributed by atoms with E-state index in [9.17, 15) is 9.90 Å². The van der Waals surface area contributed by atoms with Crippen LogP contribution in [-0.4, -0.2) is 52.5 Å². The molecule has 4 rings (SSSR count). The summed E-state index contributed by atoms with van der Waals surface area (Å²) in [6.07, 6.45) is 0.727. The van der Waals surface area contributed by atoms with E-state index in [1.54, 1.807) is 12.1 Å². The van der Waals surface area contributed by atoms with Crippen molar-refractivity contribution in [3.05, 3.63) is 65.4 Å². The number of phenolic OH excluding ortho intramolecular Hbond substituents is 1. The van der Waals surface area contributed by atoms with Gasteiger partial charge < -0.3 is 19.5 Å². The molecule has 1 aromatic heterocycles. The first-order valence-electron chi connectivity index (χ1n) is 10.6. The minimum atomic E-state index is -0.335. The van der Waals surface area contributed by atoms with Gasteiger partial charge in [0.25, 0.3) is 5.91 Å². The number of nitrogens with one attached hydrogen (secondary N) is 1. The van der Waals surface area contributed by atoms with Crippen LogP contribution in [0, 0.1) is 0 Å². The van der Waals surface area contributed by atoms with E-state index >= 15 is 0 Å². The van der Waals surface area contributed by atoms with Crippen molar-refractivity contribution in [1.82, 2.24) is 15.1 Å². The van der Waals surface area contributed by atoms with Crippen LogP contribution >= 0.6 is 0 Å². The van der Waals surface area contributed by atoms with Crippen LogP contribution in [0.2, 0.25) is 0 Å². The molecule has 31 heavy (non-hydrogen) atoms. The molecular weight excluding hydrogens is 394 g/mol. The Morgan fingerprint density at radius 1 is 1.13 bits per heavy atom. The summed E-state index contributed by atoms with van der Waals surface area (Å²) in [5.41, 5.74) is 3.35. The van der Waals surface area contributed by atoms with Gasteiger partial charge in [-0.25, -0.2) is 0 Å². The van der Waals surface area contributed by atoms with Crippen molar-refractivity contribution in [1.29, 1.82) is 0 Å². The third kappa shape index (κ3) is 4.01. The summed E-state index contributed by atoms with van der Waals surface area (Å²) >= 11 is 0. The summed E-state index contributed by atoms with van der Waals surface area (Å²) in [5, 5.41) is 17.8. The van der Waals surface area contributed by atoms with Gasteiger partial charge in [-0.2, -0.15) is 5.10 Å². The number of hydrogen-bond donors (Lipinski definition) is 2. The van der Waals surface area contributed by atoms with Gasteiger partial charge in [0.05, 0.1) is 12.6 Å². The van der Waals surface area contributed by atoms with Gasteiger partial charge in [0.2, 0.25) is 0 Å². The van der Waals surface area contributed by atoms with Gasteiger partial charge in [-0.05, 0) is 50.1 Å². The topological polar surface area (TPSA) is 87.7 Å². The predicted octanol–water partition coefficient (Wildman–Crippen LogP) is 4.15. The number of aromatic hydroxyl groups is 1. The summed E-state index contributed by atoms with van der Waals surface area (Å²) in [5.74, 6) is 0.774. The summed E-state index contributed by atoms with van der Waals surface area (Å²) < 4.78 is 11.2. The fourth-order valence-electron chi connectivity index (χ4n) is 4.08. The van der Waals surface area contributed by atoms with E-state index in [2.05, 4.69) is 10.2 Å². The van der Waals surface area contributed by atoms with E-state index < -0.39 is 0 Å². The Hall–Kier alpha value is -3.32. The number of nitrogens with zero attached hydrogens (tertiary/aromatic N) is 2. The third-order valence-electron chi connectivity index (χ3n) is 5.40. The molecule has 0 bridgehead atoms. The number of para-hydroxylation sites is 1. The van der Waals surface area contributed by atoms with Crippen LogP contribution in [0.3, 0.4) is 0 Å². The van der Waals surface area contributed by atoms with Crippen molar-refractivity contribution in [2.75, 3.05) is 26.4 Å². The molecule has 1 aliphatic rings. The van der Waals surface area contributed by atoms with Crippen LogP contribution in [0.4, 0.5) is 0 Å². The lowest BCUT2D eigenvalue weighted by atomic mass is 9.95. The highest BCUT2D eigenvalue weighted by Gasteiger charge is 2.42. The lowest BCUT2D eigenvalue weighted by Crippen LogP contribution is -2.31. The molecule has 1 amide bonds. The molecule has 0 aliphatic carbocycles. The van der Waals surface area contributed by atoms with Crippen molar-refractivity contribution < 1.29 is 19.4 Å². The van der Waals surface area contributed by atoms with Crippen molar-refractivity contribution in [2.24, 2.45) is 0 Å². The van der Waals surface area contributed by atoms with E-state index in [0.717, 1.165) is 23.3 Å². The van der Waals surface area contributed by atoms with Crippen LogP contribution in [0.5, 0.6) is 11.5 Å². The SMILES string of the molecule is CCOCCCN1C(=O)c2[nH]nc(-c3ccccc3O)c2[C@@H]1c1cccc(OCC)c1. The van der Waals surface area contributed by atoms with E-state index in [1.165, 1.54) is 0 Å². The number of H-pyrrole nitrogens is 1. The summed E-state index contributed by atoms with van der Waals surface area (Å²) in [6, 6.07) is 14.5. The zero-order valence-corrected chi connectivity index (χ0v) is 17.8. The zero-order valence-electron chi connectivity index (χ0n) is 17.8. The number of fused-ring (bicyclic) bond motifs is 1. The number of aromatic amines is 1. The highest BCUT2D eigenvalue weighted by atomic mass is 16.5. The molecule has 2 N–H and O–H groups in total. The van der Waals surface area contributed by atoms with Crippen LogP contribution in [0.15, 0.2) is 48.5 Å². The highest BCUT2D eigenvalue weighted by Crippen LogP contribution is 2.44. The fraction of sp³-hybridized carbons (Fsp3) is 0.333. The Morgan fingerprint density at radius 2 is 1.97 bits per heavy atom. The van der Waals surface area contributed by atoms with Gasteiger partial charge in [0, 0.05) is 30.9 Å². The molecule has 2 heterocycles. The lowest BCUT2D eigenvalue weighted by Gasteiger charge is -2.26. The van der Waals surface area contributed by atoms with Crippen molar-refractivity contribution in [3.63, 3.8) is 0 Å². The average molecular weight is 421 g/mol. The Balaban J connectivity index is 1.79. The van der Waals surface area contributed by atoms with Crippen LogP contribution in [0.25, 0.3) is 11.3 Å². The number of benzene rings is 2. The van der Waals surface area contributed by atoms with Crippen LogP contribution in [0.1, 0.15) is 47.9 Å². The van der Waals surface area contributed by atoms with E-state index in [1.807, 2.05) is 55.1 Å². The van der Waals surface area contributed by atoms with E-state index in [4.69, 9.17) is 9.47 Å². The number of hydrogen-bond acceptors (Lipinski definition) is 5. The fourth-order valence-corrected chi connectivity index (χ4v) is 4.08. The lowest BCUT2D eigenvalue weighted by molar-refractivity contribution is 0.0710. The maximum atomic E-state index is 13.3. The molecule has 0 spiro atoms. The molecule has 162 valence electrons. The molecule has 7 heteroatoms. The Kier molecular flexibility index (Phi) is 6.23. The molecule has 2 aromatic carbocycles. The minimum Gasteiger partial charge on any atom is -0.507 e. The monoisotopic (exact) mass is 421 g/mol. The van der Waals surface area contributed by atoms with Gasteiger partial charge in [-0.15, -0.1) is 0 Å². The molecular formula is C24H27N3O4. The highest BCUT2D eigenvalue weighted by molar-refractivity contribution is 6.00. The van der Waals surface area contributed by atoms with Crippen molar-refractivity contribution >= 4 is 5.91 Å². The number of phenols is 1. The molecule has 0 unspecified atom stereocenters. The standard InChI is InChI=1S/C24H27N3O4/c1-3-30-14-8-13-27-23(16-9-7-10-17(15-16)31-4-2)20-21(25-26-22(20)24(27)29)18-11-5-6-12-19(18)28/h5-7,9-12,15,23,28H,3-4,8,13-14H2,1-2H3,(H,25,26)/t23-/m0/s1. The summed E-state index contributed by atoms with van der Waals surface area (Å²) in [6.45, 7) is 6.24. The van der Waals surface area contributed by atoms with Gasteiger partial charge in [0.1, 0.15) is 22.9 Å². The van der Waals surface area contributed by atoms with E-state index in [0.29, 0.717) is 43.3 Å². The molecule has 3 aromatic rings. The van der Waals surface area contributed by atoms with Crippen molar-refractivity contribution in [3.8, 4) is 22.8 Å². The number of ether oxygens (including phenoxy) is 2. The maximum absolute atomic E-state index is 13.3. The second-order valence-electron chi connectivity index (χ2n) is 7.34. The Bertz CT molecular complexity index is 1060. The Labute approximate surface area is 181 Å². The average Bonchev–Trinajstić information content (AvgIpc) is 3.31. The minimum absolute atomic E-state index is 0.104. The number of amides is 1. The first kappa shape index (κ1) is 20.9. The van der Waals surface area contributed by atoms with E-state index in [-0.39, 0.29) is 17.7 Å². The number of aromatic nitrogens is 2. The zero-order chi connectivity index (χ0) is 21.8. The quantitative estimate of drug-likeness (QED) is 0.507. The second kappa shape index (κ2) is 9.22. The van der Waals surface area contributed by atoms with Gasteiger partial charge in [-0.3, -0.25) is 9.89 Å². The number of rotatable bonds is 9. The van der Waals surface area contributed by atoms with Gasteiger partial charge in [-0.1, -0.05) is 24.3 Å². The summed E-state index contributed by atoms with van der Waals surface area (Å²) in [4.78, 5) is 15.1. The molecule has 7 nitrogen and oxygen atoms in total. The molecule has 1 aliphatic heterocycles. The summed E-state index contributed by atoms with van der Waals surface area (Å²) in [7, 11) is 0. The van der Waals surface area contributed by atoms with Gasteiger partial charge >= 0.3 is 0 Å². The number of carbonyl (C=O) groups excluding carboxylic acids is 1. The van der Waals surface area contributed by atoms with Crippen LogP contribution < -0.4 is 4.74 Å². The predicted molar refractivity (Wildman–Crippen MR) is 117 cm³/mol. The molecule has 1 atom stereocenters. The molecule has 0 radical (unpaired) electrons. The molecule has 0 fully saturated rings. The van der Waals surface area contributed by atoms with Gasteiger partial charge in [0.15, 0.2) is 0 Å². The maximum Gasteiger partial charge on any atom is 0.273 e. The normalized spacial score (nSPS) is 15.4. The largest absolute Gasteiger partial charge is 0.507 e. The third-order valence-corrected chi connectivity index (χ3v) is 5.40.